The second kappa shape index (κ2) is 9.49. The zero-order valence-corrected chi connectivity index (χ0v) is 19.1. The summed E-state index contributed by atoms with van der Waals surface area (Å²) in [6.45, 7) is 5.78. The number of benzene rings is 2. The lowest BCUT2D eigenvalue weighted by Gasteiger charge is -2.16. The normalized spacial score (nSPS) is 12.4. The van der Waals surface area contributed by atoms with Crippen molar-refractivity contribution in [3.63, 3.8) is 0 Å². The number of nitrogens with zero attached hydrogens (tertiary/aromatic N) is 2. The Hall–Kier alpha value is -2.91. The first-order valence-corrected chi connectivity index (χ1v) is 12.1. The summed E-state index contributed by atoms with van der Waals surface area (Å²) in [6, 6.07) is 13.8. The fraction of sp³-hybridized carbons (Fsp3) is 0.227. The third-order valence-electron chi connectivity index (χ3n) is 4.67. The molecule has 0 saturated carbocycles. The molecule has 3 rings (SSSR count). The van der Waals surface area contributed by atoms with Gasteiger partial charge in [0.2, 0.25) is 15.7 Å². The smallest absolute Gasteiger partial charge is 0.237 e. The molecule has 1 amide bonds. The third kappa shape index (κ3) is 5.23. The molecule has 0 bridgehead atoms. The number of nitrogen functional groups attached to an aromatic ring is 1. The Bertz CT molecular complexity index is 1200. The molecule has 1 aromatic heterocycles. The molecule has 1 unspecified atom stereocenters. The van der Waals surface area contributed by atoms with Gasteiger partial charge in [-0.05, 0) is 49.6 Å². The number of hydrogen-bond acceptors (Lipinski definition) is 7. The van der Waals surface area contributed by atoms with Crippen LogP contribution in [-0.4, -0.2) is 29.5 Å². The van der Waals surface area contributed by atoms with E-state index in [2.05, 4.69) is 15.3 Å². The van der Waals surface area contributed by atoms with Gasteiger partial charge in [0.15, 0.2) is 5.16 Å². The highest BCUT2D eigenvalue weighted by Crippen LogP contribution is 2.29. The quantitative estimate of drug-likeness (QED) is 0.407. The maximum Gasteiger partial charge on any atom is 0.237 e. The van der Waals surface area contributed by atoms with E-state index in [0.717, 1.165) is 28.6 Å². The summed E-state index contributed by atoms with van der Waals surface area (Å²) in [7, 11) is -3.82. The number of nitrogens with one attached hydrogen (secondary N) is 1. The molecule has 9 heteroatoms. The number of carbonyl (C=O) groups is 1. The van der Waals surface area contributed by atoms with E-state index in [-0.39, 0.29) is 26.7 Å². The monoisotopic (exact) mass is 456 g/mol. The summed E-state index contributed by atoms with van der Waals surface area (Å²) in [4.78, 5) is 21.0. The number of thioether (sulfide) groups is 1. The van der Waals surface area contributed by atoms with Crippen LogP contribution in [0.3, 0.4) is 0 Å². The molecule has 0 saturated heterocycles. The Morgan fingerprint density at radius 2 is 1.87 bits per heavy atom. The van der Waals surface area contributed by atoms with Crippen LogP contribution < -0.4 is 11.1 Å². The summed E-state index contributed by atoms with van der Waals surface area (Å²) in [5.41, 5.74) is 8.73. The highest BCUT2D eigenvalue weighted by atomic mass is 32.2. The first kappa shape index (κ1) is 22.8. The summed E-state index contributed by atoms with van der Waals surface area (Å²) in [6.07, 6.45) is 1.73. The van der Waals surface area contributed by atoms with Crippen molar-refractivity contribution >= 4 is 39.0 Å². The van der Waals surface area contributed by atoms with Crippen molar-refractivity contribution in [2.75, 3.05) is 11.1 Å². The van der Waals surface area contributed by atoms with E-state index < -0.39 is 15.1 Å². The van der Waals surface area contributed by atoms with Crippen LogP contribution in [0.15, 0.2) is 69.7 Å². The predicted octanol–water partition coefficient (Wildman–Crippen LogP) is 4.02. The maximum absolute atomic E-state index is 12.8. The Morgan fingerprint density at radius 1 is 1.16 bits per heavy atom. The molecular formula is C22H24N4O3S2. The van der Waals surface area contributed by atoms with Crippen LogP contribution >= 0.6 is 11.8 Å². The van der Waals surface area contributed by atoms with Crippen molar-refractivity contribution in [3.8, 4) is 0 Å². The number of aromatic nitrogens is 2. The van der Waals surface area contributed by atoms with Crippen molar-refractivity contribution in [1.29, 1.82) is 0 Å². The first-order chi connectivity index (χ1) is 14.7. The molecule has 0 fully saturated rings. The molecule has 0 aliphatic carbocycles. The number of anilines is 2. The average molecular weight is 457 g/mol. The van der Waals surface area contributed by atoms with Crippen LogP contribution in [0.5, 0.6) is 0 Å². The zero-order valence-electron chi connectivity index (χ0n) is 17.5. The van der Waals surface area contributed by atoms with Crippen molar-refractivity contribution in [2.45, 2.75) is 47.4 Å². The van der Waals surface area contributed by atoms with E-state index in [9.17, 15) is 13.2 Å². The van der Waals surface area contributed by atoms with Crippen LogP contribution in [0.2, 0.25) is 0 Å². The number of sulfone groups is 1. The molecule has 3 N–H and O–H groups in total. The molecule has 162 valence electrons. The topological polar surface area (TPSA) is 115 Å². The average Bonchev–Trinajstić information content (AvgIpc) is 2.75. The third-order valence-corrected chi connectivity index (χ3v) is 7.69. The highest BCUT2D eigenvalue weighted by molar-refractivity contribution is 8.00. The molecule has 7 nitrogen and oxygen atoms in total. The van der Waals surface area contributed by atoms with E-state index in [1.807, 2.05) is 39.0 Å². The number of aryl methyl sites for hydroxylation is 2. The van der Waals surface area contributed by atoms with Gasteiger partial charge in [0, 0.05) is 5.69 Å². The number of hydrogen-bond donors (Lipinski definition) is 2. The molecule has 1 atom stereocenters. The Morgan fingerprint density at radius 3 is 2.52 bits per heavy atom. The van der Waals surface area contributed by atoms with E-state index in [0.29, 0.717) is 6.42 Å². The lowest BCUT2D eigenvalue weighted by atomic mass is 10.1. The molecule has 31 heavy (non-hydrogen) atoms. The van der Waals surface area contributed by atoms with Gasteiger partial charge in [-0.2, -0.15) is 0 Å². The lowest BCUT2D eigenvalue weighted by molar-refractivity contribution is -0.115. The zero-order chi connectivity index (χ0) is 22.6. The molecule has 3 aromatic rings. The van der Waals surface area contributed by atoms with Crippen LogP contribution in [0.4, 0.5) is 11.5 Å². The lowest BCUT2D eigenvalue weighted by Crippen LogP contribution is -2.25. The van der Waals surface area contributed by atoms with Gasteiger partial charge in [-0.3, -0.25) is 4.79 Å². The van der Waals surface area contributed by atoms with Crippen molar-refractivity contribution in [3.05, 3.63) is 65.9 Å². The van der Waals surface area contributed by atoms with Crippen molar-refractivity contribution in [1.82, 2.24) is 9.97 Å². The van der Waals surface area contributed by atoms with Crippen molar-refractivity contribution in [2.24, 2.45) is 0 Å². The van der Waals surface area contributed by atoms with Gasteiger partial charge in [-0.15, -0.1) is 0 Å². The van der Waals surface area contributed by atoms with Gasteiger partial charge in [0.25, 0.3) is 0 Å². The Labute approximate surface area is 186 Å². The second-order valence-corrected chi connectivity index (χ2v) is 10.1. The van der Waals surface area contributed by atoms with Crippen molar-refractivity contribution < 1.29 is 13.2 Å². The number of carbonyl (C=O) groups excluding carboxylic acids is 1. The summed E-state index contributed by atoms with van der Waals surface area (Å²) in [5, 5.41) is 2.73. The molecule has 1 heterocycles. The standard InChI is InChI=1S/C22H24N4O3S2/c1-4-18(21(27)25-17-12-14(2)10-11-15(17)3)30-22-24-13-19(20(23)26-22)31(28,29)16-8-6-5-7-9-16/h5-13,18H,4H2,1-3H3,(H,25,27)(H2,23,24,26). The van der Waals surface area contributed by atoms with Gasteiger partial charge in [-0.25, -0.2) is 18.4 Å². The second-order valence-electron chi connectivity index (χ2n) is 7.04. The minimum Gasteiger partial charge on any atom is -0.382 e. The molecule has 2 aromatic carbocycles. The van der Waals surface area contributed by atoms with Crippen LogP contribution in [-0.2, 0) is 14.6 Å². The molecular weight excluding hydrogens is 432 g/mol. The predicted molar refractivity (Wildman–Crippen MR) is 123 cm³/mol. The minimum atomic E-state index is -3.82. The van der Waals surface area contributed by atoms with E-state index in [1.54, 1.807) is 18.2 Å². The van der Waals surface area contributed by atoms with Gasteiger partial charge in [0.05, 0.1) is 16.3 Å². The molecule has 0 aliphatic heterocycles. The molecule has 0 aliphatic rings. The maximum atomic E-state index is 12.8. The van der Waals surface area contributed by atoms with E-state index in [4.69, 9.17) is 5.73 Å². The Balaban J connectivity index is 1.79. The summed E-state index contributed by atoms with van der Waals surface area (Å²) < 4.78 is 25.6. The first-order valence-electron chi connectivity index (χ1n) is 9.69. The van der Waals surface area contributed by atoms with Gasteiger partial charge in [0.1, 0.15) is 10.7 Å². The fourth-order valence-corrected chi connectivity index (χ4v) is 5.02. The van der Waals surface area contributed by atoms with Crippen LogP contribution in [0.1, 0.15) is 24.5 Å². The molecule has 0 radical (unpaired) electrons. The fourth-order valence-electron chi connectivity index (χ4n) is 2.89. The number of amides is 1. The van der Waals surface area contributed by atoms with Crippen LogP contribution in [0.25, 0.3) is 0 Å². The highest BCUT2D eigenvalue weighted by Gasteiger charge is 2.24. The minimum absolute atomic E-state index is 0.116. The van der Waals surface area contributed by atoms with Gasteiger partial charge < -0.3 is 11.1 Å². The largest absolute Gasteiger partial charge is 0.382 e. The van der Waals surface area contributed by atoms with Gasteiger partial charge >= 0.3 is 0 Å². The molecule has 0 spiro atoms. The van der Waals surface area contributed by atoms with Gasteiger partial charge in [-0.1, -0.05) is 49.0 Å². The summed E-state index contributed by atoms with van der Waals surface area (Å²) >= 11 is 1.15. The Kier molecular flexibility index (Phi) is 6.97. The van der Waals surface area contributed by atoms with Crippen LogP contribution in [0, 0.1) is 13.8 Å². The number of nitrogens with two attached hydrogens (primary N) is 1. The SMILES string of the molecule is CCC(Sc1ncc(S(=O)(=O)c2ccccc2)c(N)n1)C(=O)Nc1cc(C)ccc1C. The van der Waals surface area contributed by atoms with E-state index in [1.165, 1.54) is 18.3 Å². The summed E-state index contributed by atoms with van der Waals surface area (Å²) in [5.74, 6) is -0.324. The number of rotatable bonds is 7. The van der Waals surface area contributed by atoms with E-state index >= 15 is 0 Å².